The Morgan fingerprint density at radius 2 is 1.64 bits per heavy atom. The molecule has 0 radical (unpaired) electrons. The van der Waals surface area contributed by atoms with E-state index in [1.807, 2.05) is 0 Å². The lowest BCUT2D eigenvalue weighted by Crippen LogP contribution is -2.50. The summed E-state index contributed by atoms with van der Waals surface area (Å²) in [7, 11) is -3.83. The number of ether oxygens (including phenoxy) is 2. The van der Waals surface area contributed by atoms with Crippen molar-refractivity contribution in [2.24, 2.45) is 0 Å². The molecule has 36 heavy (non-hydrogen) atoms. The van der Waals surface area contributed by atoms with Crippen LogP contribution in [0.4, 0.5) is 0 Å². The Bertz CT molecular complexity index is 1270. The maximum atomic E-state index is 13.5. The quantitative estimate of drug-likeness (QED) is 0.317. The fourth-order valence-corrected chi connectivity index (χ4v) is 6.87. The normalized spacial score (nSPS) is 15.4. The second-order valence-corrected chi connectivity index (χ2v) is 11.6. The molecule has 0 spiro atoms. The molecular weight excluding hydrogens is 472 g/mol. The molecule has 0 saturated carbocycles. The van der Waals surface area contributed by atoms with Gasteiger partial charge in [0.25, 0.3) is 0 Å². The zero-order chi connectivity index (χ0) is 25.6. The molecule has 0 unspecified atom stereocenters. The van der Waals surface area contributed by atoms with Crippen molar-refractivity contribution >= 4 is 15.6 Å². The first-order chi connectivity index (χ1) is 17.4. The molecule has 0 N–H and O–H groups in total. The van der Waals surface area contributed by atoms with Crippen molar-refractivity contribution in [2.45, 2.75) is 55.6 Å². The molecule has 1 aliphatic rings. The Morgan fingerprint density at radius 1 is 0.944 bits per heavy atom. The van der Waals surface area contributed by atoms with Crippen LogP contribution in [0, 0.1) is 6.92 Å². The fraction of sp³-hybridized carbons (Fsp3) is 0.367. The second-order valence-electron chi connectivity index (χ2n) is 9.38. The molecule has 1 aliphatic heterocycles. The largest absolute Gasteiger partial charge is 0.494 e. The van der Waals surface area contributed by atoms with Gasteiger partial charge in [0.15, 0.2) is 15.6 Å². The van der Waals surface area contributed by atoms with Gasteiger partial charge in [-0.25, -0.2) is 8.42 Å². The molecule has 0 amide bonds. The third-order valence-corrected chi connectivity index (χ3v) is 9.53. The average molecular weight is 507 g/mol. The summed E-state index contributed by atoms with van der Waals surface area (Å²) >= 11 is 0. The SMILES string of the molecule is CCC(=O)C1(S(=O)(=O)c2ccc(OCCCc3cccc(-c4ccc(C)cc4)c3)cc2)CCOCC1. The Kier molecular flexibility index (Phi) is 8.27. The highest BCUT2D eigenvalue weighted by atomic mass is 32.2. The standard InChI is InChI=1S/C30H34O5S/c1-3-29(31)30(17-20-34-21-18-30)36(32,33)28-15-13-27(14-16-28)35-19-5-7-24-6-4-8-26(22-24)25-11-9-23(2)10-12-25/h4,6,8-16,22H,3,5,7,17-21H2,1-2H3. The third-order valence-electron chi connectivity index (χ3n) is 6.97. The number of sulfone groups is 1. The summed E-state index contributed by atoms with van der Waals surface area (Å²) in [6.45, 7) is 4.88. The Morgan fingerprint density at radius 3 is 2.31 bits per heavy atom. The monoisotopic (exact) mass is 506 g/mol. The van der Waals surface area contributed by atoms with Crippen molar-refractivity contribution in [3.05, 3.63) is 83.9 Å². The number of rotatable bonds is 10. The number of hydrogen-bond acceptors (Lipinski definition) is 5. The number of ketones is 1. The minimum atomic E-state index is -3.83. The molecule has 4 rings (SSSR count). The van der Waals surface area contributed by atoms with Crippen molar-refractivity contribution in [1.82, 2.24) is 0 Å². The summed E-state index contributed by atoms with van der Waals surface area (Å²) in [6, 6.07) is 23.5. The molecule has 0 aromatic heterocycles. The van der Waals surface area contributed by atoms with E-state index in [1.165, 1.54) is 22.3 Å². The first kappa shape index (κ1) is 26.1. The van der Waals surface area contributed by atoms with Gasteiger partial charge in [0.05, 0.1) is 11.5 Å². The van der Waals surface area contributed by atoms with Crippen LogP contribution in [0.5, 0.6) is 5.75 Å². The molecular formula is C30H34O5S. The van der Waals surface area contributed by atoms with Crippen LogP contribution in [0.2, 0.25) is 0 Å². The molecule has 190 valence electrons. The van der Waals surface area contributed by atoms with Gasteiger partial charge >= 0.3 is 0 Å². The first-order valence-electron chi connectivity index (χ1n) is 12.6. The highest BCUT2D eigenvalue weighted by Crippen LogP contribution is 2.37. The van der Waals surface area contributed by atoms with Gasteiger partial charge in [-0.1, -0.05) is 61.0 Å². The predicted octanol–water partition coefficient (Wildman–Crippen LogP) is 5.98. The molecule has 6 heteroatoms. The lowest BCUT2D eigenvalue weighted by molar-refractivity contribution is -0.123. The topological polar surface area (TPSA) is 69.7 Å². The molecule has 0 bridgehead atoms. The minimum absolute atomic E-state index is 0.159. The molecule has 1 saturated heterocycles. The van der Waals surface area contributed by atoms with E-state index in [0.29, 0.717) is 12.4 Å². The summed E-state index contributed by atoms with van der Waals surface area (Å²) in [5.41, 5.74) is 4.90. The van der Waals surface area contributed by atoms with E-state index in [9.17, 15) is 13.2 Å². The van der Waals surface area contributed by atoms with Gasteiger partial charge in [0.2, 0.25) is 0 Å². The zero-order valence-corrected chi connectivity index (χ0v) is 21.9. The van der Waals surface area contributed by atoms with E-state index in [0.717, 1.165) is 12.8 Å². The number of aryl methyl sites for hydroxylation is 2. The summed E-state index contributed by atoms with van der Waals surface area (Å²) in [4.78, 5) is 12.9. The predicted molar refractivity (Wildman–Crippen MR) is 142 cm³/mol. The smallest absolute Gasteiger partial charge is 0.191 e. The number of hydrogen-bond donors (Lipinski definition) is 0. The van der Waals surface area contributed by atoms with E-state index in [2.05, 4.69) is 55.5 Å². The van der Waals surface area contributed by atoms with Gasteiger partial charge in [-0.05, 0) is 73.6 Å². The van der Waals surface area contributed by atoms with Gasteiger partial charge in [-0.3, -0.25) is 4.79 Å². The second kappa shape index (κ2) is 11.4. The van der Waals surface area contributed by atoms with Crippen LogP contribution in [0.25, 0.3) is 11.1 Å². The van der Waals surface area contributed by atoms with Crippen LogP contribution in [-0.2, 0) is 25.8 Å². The van der Waals surface area contributed by atoms with E-state index < -0.39 is 14.6 Å². The summed E-state index contributed by atoms with van der Waals surface area (Å²) in [5, 5.41) is 0. The molecule has 3 aromatic rings. The number of benzene rings is 3. The van der Waals surface area contributed by atoms with E-state index in [-0.39, 0.29) is 43.2 Å². The van der Waals surface area contributed by atoms with Crippen LogP contribution in [-0.4, -0.2) is 38.8 Å². The Hall–Kier alpha value is -2.96. The summed E-state index contributed by atoms with van der Waals surface area (Å²) in [6.07, 6.45) is 2.31. The molecule has 1 heterocycles. The highest BCUT2D eigenvalue weighted by Gasteiger charge is 2.50. The number of carbonyl (C=O) groups excluding carboxylic acids is 1. The van der Waals surface area contributed by atoms with Gasteiger partial charge in [-0.15, -0.1) is 0 Å². The first-order valence-corrected chi connectivity index (χ1v) is 14.1. The molecule has 0 atom stereocenters. The van der Waals surface area contributed by atoms with Crippen molar-refractivity contribution < 1.29 is 22.7 Å². The lowest BCUT2D eigenvalue weighted by Gasteiger charge is -2.35. The van der Waals surface area contributed by atoms with Crippen LogP contribution in [0.15, 0.2) is 77.7 Å². The lowest BCUT2D eigenvalue weighted by atomic mass is 9.92. The van der Waals surface area contributed by atoms with Crippen molar-refractivity contribution in [2.75, 3.05) is 19.8 Å². The van der Waals surface area contributed by atoms with Crippen LogP contribution in [0.3, 0.4) is 0 Å². The Labute approximate surface area is 214 Å². The van der Waals surface area contributed by atoms with E-state index in [1.54, 1.807) is 31.2 Å². The maximum Gasteiger partial charge on any atom is 0.191 e. The van der Waals surface area contributed by atoms with Gasteiger partial charge in [0.1, 0.15) is 10.5 Å². The van der Waals surface area contributed by atoms with E-state index in [4.69, 9.17) is 9.47 Å². The van der Waals surface area contributed by atoms with Crippen LogP contribution >= 0.6 is 0 Å². The van der Waals surface area contributed by atoms with Crippen molar-refractivity contribution in [3.8, 4) is 16.9 Å². The molecule has 0 aliphatic carbocycles. The minimum Gasteiger partial charge on any atom is -0.494 e. The molecule has 3 aromatic carbocycles. The van der Waals surface area contributed by atoms with Gasteiger partial charge in [0, 0.05) is 19.6 Å². The van der Waals surface area contributed by atoms with Crippen molar-refractivity contribution in [3.63, 3.8) is 0 Å². The summed E-state index contributed by atoms with van der Waals surface area (Å²) < 4.78 is 36.8. The highest BCUT2D eigenvalue weighted by molar-refractivity contribution is 7.93. The molecule has 5 nitrogen and oxygen atoms in total. The zero-order valence-electron chi connectivity index (χ0n) is 21.0. The van der Waals surface area contributed by atoms with E-state index >= 15 is 0 Å². The van der Waals surface area contributed by atoms with Crippen LogP contribution < -0.4 is 4.74 Å². The van der Waals surface area contributed by atoms with Gasteiger partial charge in [-0.2, -0.15) is 0 Å². The summed E-state index contributed by atoms with van der Waals surface area (Å²) in [5.74, 6) is 0.378. The number of Topliss-reactive ketones (excluding diaryl/α,β-unsaturated/α-hetero) is 1. The molecule has 1 fully saturated rings. The number of carbonyl (C=O) groups is 1. The van der Waals surface area contributed by atoms with Crippen LogP contribution in [0.1, 0.15) is 43.7 Å². The Balaban J connectivity index is 1.35. The third kappa shape index (κ3) is 5.55. The average Bonchev–Trinajstić information content (AvgIpc) is 2.92. The van der Waals surface area contributed by atoms with Gasteiger partial charge < -0.3 is 9.47 Å². The van der Waals surface area contributed by atoms with Crippen molar-refractivity contribution in [1.29, 1.82) is 0 Å². The fourth-order valence-electron chi connectivity index (χ4n) is 4.78. The maximum absolute atomic E-state index is 13.5.